The summed E-state index contributed by atoms with van der Waals surface area (Å²) < 4.78 is 26.5. The van der Waals surface area contributed by atoms with Crippen LogP contribution in [0.2, 0.25) is 0 Å². The molecule has 27 heavy (non-hydrogen) atoms. The van der Waals surface area contributed by atoms with Crippen LogP contribution in [0.25, 0.3) is 0 Å². The fraction of sp³-hybridized carbons (Fsp3) is 0.471. The third-order valence-electron chi connectivity index (χ3n) is 3.71. The zero-order valence-corrected chi connectivity index (χ0v) is 16.9. The summed E-state index contributed by atoms with van der Waals surface area (Å²) in [5.41, 5.74) is 4.72. The molecule has 0 aliphatic heterocycles. The quantitative estimate of drug-likeness (QED) is 0.470. The summed E-state index contributed by atoms with van der Waals surface area (Å²) in [5.74, 6) is -2.64. The number of nitrogens with zero attached hydrogens (tertiary/aromatic N) is 1. The van der Waals surface area contributed by atoms with E-state index in [1.807, 2.05) is 5.43 Å². The normalized spacial score (nSPS) is 11.4. The molecule has 1 aromatic rings. The molecule has 0 aliphatic carbocycles. The standard InChI is InChI=1S/C17H26N4O5S/c1-6-21(7-2)27(25,26)13-9-8-12(5)14(10-13)15(22)19-20-17(24)16(23)18-11(3)4/h8-11H,6-7H2,1-5H3,(H,18,23)(H,19,22)(H,20,24). The van der Waals surface area contributed by atoms with Crippen LogP contribution in [0, 0.1) is 6.92 Å². The molecule has 0 heterocycles. The number of nitrogens with one attached hydrogen (secondary N) is 3. The van der Waals surface area contributed by atoms with Crippen molar-refractivity contribution in [1.29, 1.82) is 0 Å². The zero-order chi connectivity index (χ0) is 20.8. The van der Waals surface area contributed by atoms with E-state index in [9.17, 15) is 22.8 Å². The number of hydrogen-bond acceptors (Lipinski definition) is 5. The maximum absolute atomic E-state index is 12.6. The first-order valence-electron chi connectivity index (χ1n) is 8.56. The maximum atomic E-state index is 12.6. The van der Waals surface area contributed by atoms with Gasteiger partial charge in [0.1, 0.15) is 0 Å². The molecule has 0 unspecified atom stereocenters. The van der Waals surface area contributed by atoms with Gasteiger partial charge >= 0.3 is 11.8 Å². The minimum absolute atomic E-state index is 0.0224. The number of carbonyl (C=O) groups is 3. The first-order chi connectivity index (χ1) is 12.5. The van der Waals surface area contributed by atoms with E-state index >= 15 is 0 Å². The second-order valence-corrected chi connectivity index (χ2v) is 8.04. The molecule has 0 saturated carbocycles. The highest BCUT2D eigenvalue weighted by Gasteiger charge is 2.24. The van der Waals surface area contributed by atoms with Crippen LogP contribution >= 0.6 is 0 Å². The summed E-state index contributed by atoms with van der Waals surface area (Å²) in [5, 5.41) is 2.38. The van der Waals surface area contributed by atoms with Gasteiger partial charge in [0.2, 0.25) is 10.0 Å². The van der Waals surface area contributed by atoms with Crippen molar-refractivity contribution in [3.63, 3.8) is 0 Å². The molecule has 0 radical (unpaired) electrons. The highest BCUT2D eigenvalue weighted by atomic mass is 32.2. The molecule has 0 saturated heterocycles. The fourth-order valence-electron chi connectivity index (χ4n) is 2.28. The Morgan fingerprint density at radius 1 is 1.04 bits per heavy atom. The van der Waals surface area contributed by atoms with E-state index in [4.69, 9.17) is 0 Å². The molecule has 1 aromatic carbocycles. The summed E-state index contributed by atoms with van der Waals surface area (Å²) in [7, 11) is -3.73. The van der Waals surface area contributed by atoms with Crippen LogP contribution in [0.1, 0.15) is 43.6 Å². The summed E-state index contributed by atoms with van der Waals surface area (Å²) in [6.45, 7) is 9.06. The van der Waals surface area contributed by atoms with Gasteiger partial charge in [-0.1, -0.05) is 19.9 Å². The minimum Gasteiger partial charge on any atom is -0.346 e. The molecule has 150 valence electrons. The van der Waals surface area contributed by atoms with Crippen LogP contribution in [0.15, 0.2) is 23.1 Å². The van der Waals surface area contributed by atoms with Crippen molar-refractivity contribution in [2.75, 3.05) is 13.1 Å². The molecule has 0 spiro atoms. The highest BCUT2D eigenvalue weighted by molar-refractivity contribution is 7.89. The second kappa shape index (κ2) is 9.47. The van der Waals surface area contributed by atoms with Crippen LogP contribution in [0.5, 0.6) is 0 Å². The topological polar surface area (TPSA) is 125 Å². The maximum Gasteiger partial charge on any atom is 0.327 e. The summed E-state index contributed by atoms with van der Waals surface area (Å²) in [6, 6.07) is 3.95. The Labute approximate surface area is 159 Å². The SMILES string of the molecule is CCN(CC)S(=O)(=O)c1ccc(C)c(C(=O)NNC(=O)C(=O)NC(C)C)c1. The van der Waals surface area contributed by atoms with Crippen molar-refractivity contribution in [3.8, 4) is 0 Å². The molecule has 0 aliphatic rings. The highest BCUT2D eigenvalue weighted by Crippen LogP contribution is 2.19. The molecule has 1 rings (SSSR count). The summed E-state index contributed by atoms with van der Waals surface area (Å²) in [4.78, 5) is 35.5. The van der Waals surface area contributed by atoms with Gasteiger partial charge in [0.25, 0.3) is 5.91 Å². The zero-order valence-electron chi connectivity index (χ0n) is 16.1. The van der Waals surface area contributed by atoms with Crippen LogP contribution in [0.4, 0.5) is 0 Å². The van der Waals surface area contributed by atoms with Gasteiger partial charge in [0.05, 0.1) is 4.90 Å². The number of sulfonamides is 1. The minimum atomic E-state index is -3.73. The number of rotatable bonds is 6. The van der Waals surface area contributed by atoms with Gasteiger partial charge in [-0.3, -0.25) is 25.2 Å². The smallest absolute Gasteiger partial charge is 0.327 e. The summed E-state index contributed by atoms with van der Waals surface area (Å²) in [6.07, 6.45) is 0. The predicted molar refractivity (Wildman–Crippen MR) is 100 cm³/mol. The van der Waals surface area contributed by atoms with Crippen LogP contribution < -0.4 is 16.2 Å². The van der Waals surface area contributed by atoms with Crippen LogP contribution in [-0.4, -0.2) is 49.6 Å². The lowest BCUT2D eigenvalue weighted by molar-refractivity contribution is -0.139. The van der Waals surface area contributed by atoms with Gasteiger partial charge < -0.3 is 5.32 Å². The average molecular weight is 398 g/mol. The van der Waals surface area contributed by atoms with Gasteiger partial charge in [-0.25, -0.2) is 8.42 Å². The van der Waals surface area contributed by atoms with Crippen molar-refractivity contribution in [3.05, 3.63) is 29.3 Å². The Hall–Kier alpha value is -2.46. The van der Waals surface area contributed by atoms with Gasteiger partial charge in [0, 0.05) is 24.7 Å². The Bertz CT molecular complexity index is 817. The van der Waals surface area contributed by atoms with Gasteiger partial charge in [-0.15, -0.1) is 0 Å². The van der Waals surface area contributed by atoms with Crippen LogP contribution in [-0.2, 0) is 19.6 Å². The molecule has 0 atom stereocenters. The second-order valence-electron chi connectivity index (χ2n) is 6.10. The van der Waals surface area contributed by atoms with E-state index in [1.54, 1.807) is 34.6 Å². The number of benzene rings is 1. The molecular formula is C17H26N4O5S. The van der Waals surface area contributed by atoms with Crippen molar-refractivity contribution in [1.82, 2.24) is 20.5 Å². The van der Waals surface area contributed by atoms with Crippen molar-refractivity contribution >= 4 is 27.7 Å². The first kappa shape index (κ1) is 22.6. The predicted octanol–water partition coefficient (Wildman–Crippen LogP) is 0.311. The molecule has 0 fully saturated rings. The molecule has 10 heteroatoms. The van der Waals surface area contributed by atoms with E-state index in [2.05, 4.69) is 10.7 Å². The number of carbonyl (C=O) groups excluding carboxylic acids is 3. The molecule has 3 N–H and O–H groups in total. The van der Waals surface area contributed by atoms with Crippen molar-refractivity contribution < 1.29 is 22.8 Å². The molecule has 0 aromatic heterocycles. The molecular weight excluding hydrogens is 372 g/mol. The molecule has 3 amide bonds. The Balaban J connectivity index is 2.99. The average Bonchev–Trinajstić information content (AvgIpc) is 2.59. The third-order valence-corrected chi connectivity index (χ3v) is 5.76. The number of aryl methyl sites for hydroxylation is 1. The van der Waals surface area contributed by atoms with E-state index in [-0.39, 0.29) is 16.5 Å². The first-order valence-corrected chi connectivity index (χ1v) is 10.0. The molecule has 9 nitrogen and oxygen atoms in total. The van der Waals surface area contributed by atoms with E-state index in [1.165, 1.54) is 22.5 Å². The lowest BCUT2D eigenvalue weighted by atomic mass is 10.1. The number of amides is 3. The number of hydrogen-bond donors (Lipinski definition) is 3. The lowest BCUT2D eigenvalue weighted by Crippen LogP contribution is -2.49. The van der Waals surface area contributed by atoms with Crippen LogP contribution in [0.3, 0.4) is 0 Å². The summed E-state index contributed by atoms with van der Waals surface area (Å²) >= 11 is 0. The van der Waals surface area contributed by atoms with E-state index < -0.39 is 27.7 Å². The van der Waals surface area contributed by atoms with Gasteiger partial charge in [-0.05, 0) is 38.5 Å². The van der Waals surface area contributed by atoms with Gasteiger partial charge in [0.15, 0.2) is 0 Å². The van der Waals surface area contributed by atoms with E-state index in [0.717, 1.165) is 0 Å². The Morgan fingerprint density at radius 2 is 1.63 bits per heavy atom. The van der Waals surface area contributed by atoms with Crippen molar-refractivity contribution in [2.24, 2.45) is 0 Å². The monoisotopic (exact) mass is 398 g/mol. The third kappa shape index (κ3) is 5.76. The largest absolute Gasteiger partial charge is 0.346 e. The Morgan fingerprint density at radius 3 is 2.15 bits per heavy atom. The number of hydrazine groups is 1. The van der Waals surface area contributed by atoms with E-state index in [0.29, 0.717) is 18.7 Å². The van der Waals surface area contributed by atoms with Crippen molar-refractivity contribution in [2.45, 2.75) is 45.6 Å². The van der Waals surface area contributed by atoms with Gasteiger partial charge in [-0.2, -0.15) is 4.31 Å². The lowest BCUT2D eigenvalue weighted by Gasteiger charge is -2.19. The fourth-order valence-corrected chi connectivity index (χ4v) is 3.77. The Kier molecular flexibility index (Phi) is 7.92. The molecule has 0 bridgehead atoms.